The molecule has 10 heteroatoms. The van der Waals surface area contributed by atoms with Crippen LogP contribution in [-0.4, -0.2) is 32.0 Å². The molecule has 1 spiro atoms. The minimum Gasteiger partial charge on any atom is -0.483 e. The summed E-state index contributed by atoms with van der Waals surface area (Å²) in [4.78, 5) is 8.67. The van der Waals surface area contributed by atoms with Crippen molar-refractivity contribution >= 4 is 5.82 Å². The number of hydrogen-bond acceptors (Lipinski definition) is 8. The van der Waals surface area contributed by atoms with Crippen molar-refractivity contribution < 1.29 is 18.6 Å². The van der Waals surface area contributed by atoms with E-state index in [-0.39, 0.29) is 29.9 Å². The Balaban J connectivity index is 1.69. The second kappa shape index (κ2) is 7.37. The van der Waals surface area contributed by atoms with Crippen LogP contribution in [0.3, 0.4) is 0 Å². The van der Waals surface area contributed by atoms with Gasteiger partial charge in [0, 0.05) is 12.6 Å². The molecular weight excluding hydrogens is 415 g/mol. The molecular formula is C22H21FN6O3. The molecule has 1 fully saturated rings. The summed E-state index contributed by atoms with van der Waals surface area (Å²) in [5.74, 6) is 0.462. The lowest BCUT2D eigenvalue weighted by molar-refractivity contribution is -0.0461. The number of ether oxygens (including phenoxy) is 3. The number of nitrogens with zero attached hydrogens (tertiary/aromatic N) is 5. The lowest BCUT2D eigenvalue weighted by atomic mass is 9.80. The number of anilines is 1. The third kappa shape index (κ3) is 3.26. The van der Waals surface area contributed by atoms with Crippen LogP contribution in [0.4, 0.5) is 10.2 Å². The first kappa shape index (κ1) is 20.1. The second-order valence-corrected chi connectivity index (χ2v) is 8.08. The van der Waals surface area contributed by atoms with Gasteiger partial charge >= 0.3 is 0 Å². The molecule has 1 atom stereocenters. The predicted molar refractivity (Wildman–Crippen MR) is 112 cm³/mol. The molecule has 5 rings (SSSR count). The summed E-state index contributed by atoms with van der Waals surface area (Å²) in [6.07, 6.45) is 3.34. The van der Waals surface area contributed by atoms with Gasteiger partial charge in [-0.3, -0.25) is 4.68 Å². The lowest BCUT2D eigenvalue weighted by Gasteiger charge is -2.41. The standard InChI is InChI=1S/C22H21FN6O3/c1-12-14-8-13(23)4-5-17(14)32-22(6-3-7-22)11-30-20-18(16(9-24)29(2)28-20)15-10-26-19(25)21(27-15)31-12/h4-5,8,10,12H,3,6-7,11H2,1-2H3,(H2,25,26)/t12-/m1/s1. The Bertz CT molecular complexity index is 1250. The average molecular weight is 436 g/mol. The fourth-order valence-electron chi connectivity index (χ4n) is 3.99. The highest BCUT2D eigenvalue weighted by Crippen LogP contribution is 2.42. The van der Waals surface area contributed by atoms with Gasteiger partial charge in [-0.25, -0.2) is 14.4 Å². The molecule has 0 unspecified atom stereocenters. The number of benzene rings is 1. The molecule has 0 radical (unpaired) electrons. The van der Waals surface area contributed by atoms with Crippen molar-refractivity contribution in [3.8, 4) is 34.8 Å². The molecule has 0 amide bonds. The Morgan fingerprint density at radius 1 is 1.31 bits per heavy atom. The molecule has 1 aliphatic heterocycles. The van der Waals surface area contributed by atoms with E-state index in [0.29, 0.717) is 22.6 Å². The average Bonchev–Trinajstić information content (AvgIpc) is 3.07. The summed E-state index contributed by atoms with van der Waals surface area (Å²) in [5, 5.41) is 14.1. The van der Waals surface area contributed by atoms with Gasteiger partial charge in [0.2, 0.25) is 5.88 Å². The van der Waals surface area contributed by atoms with Crippen LogP contribution in [0.2, 0.25) is 0 Å². The van der Waals surface area contributed by atoms with Gasteiger partial charge in [0.15, 0.2) is 11.5 Å². The quantitative estimate of drug-likeness (QED) is 0.570. The van der Waals surface area contributed by atoms with Gasteiger partial charge in [0.05, 0.1) is 6.20 Å². The largest absolute Gasteiger partial charge is 0.483 e. The number of nitrogens with two attached hydrogens (primary N) is 1. The van der Waals surface area contributed by atoms with E-state index < -0.39 is 17.5 Å². The molecule has 2 bridgehead atoms. The molecule has 1 aliphatic carbocycles. The predicted octanol–water partition coefficient (Wildman–Crippen LogP) is 3.30. The summed E-state index contributed by atoms with van der Waals surface area (Å²) in [6, 6.07) is 6.46. The van der Waals surface area contributed by atoms with Crippen molar-refractivity contribution in [3.05, 3.63) is 41.5 Å². The first-order valence-electron chi connectivity index (χ1n) is 10.3. The van der Waals surface area contributed by atoms with Gasteiger partial charge < -0.3 is 19.9 Å². The second-order valence-electron chi connectivity index (χ2n) is 8.08. The zero-order valence-corrected chi connectivity index (χ0v) is 17.6. The highest BCUT2D eigenvalue weighted by atomic mass is 19.1. The number of halogens is 1. The van der Waals surface area contributed by atoms with E-state index in [4.69, 9.17) is 19.9 Å². The molecule has 164 valence electrons. The number of nitrogen functional groups attached to an aromatic ring is 1. The molecule has 9 nitrogen and oxygen atoms in total. The molecule has 0 saturated heterocycles. The fraction of sp³-hybridized carbons (Fsp3) is 0.364. The van der Waals surface area contributed by atoms with Crippen molar-refractivity contribution in [2.45, 2.75) is 37.9 Å². The van der Waals surface area contributed by atoms with Crippen LogP contribution in [0.5, 0.6) is 17.5 Å². The number of aryl methyl sites for hydroxylation is 1. The molecule has 1 saturated carbocycles. The number of hydrogen-bond donors (Lipinski definition) is 1. The Morgan fingerprint density at radius 2 is 2.12 bits per heavy atom. The number of nitriles is 1. The van der Waals surface area contributed by atoms with E-state index in [9.17, 15) is 9.65 Å². The van der Waals surface area contributed by atoms with Gasteiger partial charge in [-0.15, -0.1) is 5.10 Å². The van der Waals surface area contributed by atoms with E-state index in [1.54, 1.807) is 20.0 Å². The highest BCUT2D eigenvalue weighted by Gasteiger charge is 2.42. The Morgan fingerprint density at radius 3 is 2.84 bits per heavy atom. The first-order valence-corrected chi connectivity index (χ1v) is 10.3. The summed E-state index contributed by atoms with van der Waals surface area (Å²) >= 11 is 0. The number of rotatable bonds is 0. The summed E-state index contributed by atoms with van der Waals surface area (Å²) in [6.45, 7) is 1.97. The van der Waals surface area contributed by atoms with Gasteiger partial charge in [0.1, 0.15) is 47.2 Å². The maximum absolute atomic E-state index is 14.1. The molecule has 32 heavy (non-hydrogen) atoms. The zero-order chi connectivity index (χ0) is 22.5. The van der Waals surface area contributed by atoms with E-state index in [1.807, 2.05) is 0 Å². The van der Waals surface area contributed by atoms with Crippen molar-refractivity contribution in [2.75, 3.05) is 12.3 Å². The Hall–Kier alpha value is -3.87. The van der Waals surface area contributed by atoms with E-state index in [0.717, 1.165) is 19.3 Å². The smallest absolute Gasteiger partial charge is 0.258 e. The van der Waals surface area contributed by atoms with Crippen LogP contribution in [-0.2, 0) is 7.05 Å². The van der Waals surface area contributed by atoms with Gasteiger partial charge in [-0.05, 0) is 44.4 Å². The molecule has 3 aromatic rings. The summed E-state index contributed by atoms with van der Waals surface area (Å²) < 4.78 is 34.0. The van der Waals surface area contributed by atoms with Crippen LogP contribution >= 0.6 is 0 Å². The van der Waals surface area contributed by atoms with Gasteiger partial charge in [-0.1, -0.05) is 0 Å². The van der Waals surface area contributed by atoms with Crippen molar-refractivity contribution in [1.29, 1.82) is 5.26 Å². The third-order valence-corrected chi connectivity index (χ3v) is 5.91. The van der Waals surface area contributed by atoms with Crippen LogP contribution < -0.4 is 19.9 Å². The van der Waals surface area contributed by atoms with Crippen molar-refractivity contribution in [2.24, 2.45) is 7.05 Å². The summed E-state index contributed by atoms with van der Waals surface area (Å²) in [5.41, 5.74) is 6.94. The van der Waals surface area contributed by atoms with Gasteiger partial charge in [0.25, 0.3) is 5.88 Å². The fourth-order valence-corrected chi connectivity index (χ4v) is 3.99. The minimum absolute atomic E-state index is 0.0570. The Kier molecular flexibility index (Phi) is 4.62. The van der Waals surface area contributed by atoms with Crippen LogP contribution in [0.1, 0.15) is 43.5 Å². The van der Waals surface area contributed by atoms with E-state index in [2.05, 4.69) is 21.1 Å². The van der Waals surface area contributed by atoms with Crippen LogP contribution in [0.25, 0.3) is 11.3 Å². The minimum atomic E-state index is -0.629. The monoisotopic (exact) mass is 436 g/mol. The van der Waals surface area contributed by atoms with Crippen LogP contribution in [0.15, 0.2) is 24.4 Å². The third-order valence-electron chi connectivity index (χ3n) is 5.91. The molecule has 2 aromatic heterocycles. The van der Waals surface area contributed by atoms with Crippen molar-refractivity contribution in [1.82, 2.24) is 19.7 Å². The lowest BCUT2D eigenvalue weighted by Crippen LogP contribution is -2.48. The molecule has 1 aromatic carbocycles. The van der Waals surface area contributed by atoms with Crippen molar-refractivity contribution in [3.63, 3.8) is 0 Å². The van der Waals surface area contributed by atoms with E-state index >= 15 is 0 Å². The zero-order valence-electron chi connectivity index (χ0n) is 17.6. The molecule has 3 heterocycles. The summed E-state index contributed by atoms with van der Waals surface area (Å²) in [7, 11) is 1.66. The normalized spacial score (nSPS) is 18.8. The van der Waals surface area contributed by atoms with E-state index in [1.165, 1.54) is 23.0 Å². The SMILES string of the molecule is C[C@H]1Oc2nc(cnc2N)-c2c(nn(C)c2C#N)OCC2(CCC2)Oc2ccc(F)cc21. The topological polar surface area (TPSA) is 121 Å². The maximum Gasteiger partial charge on any atom is 0.258 e. The van der Waals surface area contributed by atoms with Crippen LogP contribution in [0, 0.1) is 17.1 Å². The Labute approximate surface area is 183 Å². The number of aromatic nitrogens is 4. The van der Waals surface area contributed by atoms with Gasteiger partial charge in [-0.2, -0.15) is 5.26 Å². The highest BCUT2D eigenvalue weighted by molar-refractivity contribution is 5.71. The first-order chi connectivity index (χ1) is 15.4. The number of fused-ring (bicyclic) bond motifs is 5. The maximum atomic E-state index is 14.1. The molecule has 2 N–H and O–H groups in total. The molecule has 2 aliphatic rings.